The number of hydrogen-bond acceptors (Lipinski definition) is 2. The van der Waals surface area contributed by atoms with Gasteiger partial charge in [0.25, 0.3) is 0 Å². The summed E-state index contributed by atoms with van der Waals surface area (Å²) < 4.78 is 2.09. The third kappa shape index (κ3) is 2.68. The van der Waals surface area contributed by atoms with Crippen LogP contribution in [-0.2, 0) is 25.5 Å². The van der Waals surface area contributed by atoms with Gasteiger partial charge in [0.2, 0.25) is 0 Å². The van der Waals surface area contributed by atoms with Gasteiger partial charge in [-0.05, 0) is 30.0 Å². The molecule has 0 aliphatic heterocycles. The molecule has 0 bridgehead atoms. The molecule has 1 aliphatic rings. The Hall–Kier alpha value is -2.55. The van der Waals surface area contributed by atoms with Crippen molar-refractivity contribution in [3.63, 3.8) is 0 Å². The molecule has 3 nitrogen and oxygen atoms in total. The van der Waals surface area contributed by atoms with Gasteiger partial charge in [-0.15, -0.1) is 34.4 Å². The van der Waals surface area contributed by atoms with Gasteiger partial charge in [-0.25, -0.2) is 0 Å². The SMILES string of the molecule is Cc1nnc(-c2[c-]cc3c(c2)C(C)(C)c2ccccc2-3)n1-c1ccccc1.[Ir]. The van der Waals surface area contributed by atoms with Gasteiger partial charge in [-0.1, -0.05) is 67.4 Å². The largest absolute Gasteiger partial charge is 0.320 e. The van der Waals surface area contributed by atoms with E-state index in [1.54, 1.807) is 0 Å². The van der Waals surface area contributed by atoms with Crippen molar-refractivity contribution >= 4 is 0 Å². The summed E-state index contributed by atoms with van der Waals surface area (Å²) in [6, 6.07) is 26.7. The second-order valence-corrected chi connectivity index (χ2v) is 7.59. The summed E-state index contributed by atoms with van der Waals surface area (Å²) in [6.07, 6.45) is 0. The van der Waals surface area contributed by atoms with Gasteiger partial charge in [-0.2, -0.15) is 5.10 Å². The molecule has 3 aromatic carbocycles. The van der Waals surface area contributed by atoms with Gasteiger partial charge in [0.1, 0.15) is 5.82 Å². The van der Waals surface area contributed by atoms with E-state index >= 15 is 0 Å². The Morgan fingerprint density at radius 1 is 0.857 bits per heavy atom. The normalized spacial score (nSPS) is 13.5. The maximum Gasteiger partial charge on any atom is 0.125 e. The molecule has 0 amide bonds. The van der Waals surface area contributed by atoms with E-state index in [9.17, 15) is 0 Å². The maximum absolute atomic E-state index is 4.47. The quantitative estimate of drug-likeness (QED) is 0.320. The van der Waals surface area contributed by atoms with Crippen molar-refractivity contribution in [2.75, 3.05) is 0 Å². The van der Waals surface area contributed by atoms with Gasteiger partial charge in [0.15, 0.2) is 0 Å². The Bertz CT molecular complexity index is 1160. The van der Waals surface area contributed by atoms with E-state index in [1.165, 1.54) is 22.3 Å². The van der Waals surface area contributed by atoms with Gasteiger partial charge in [0.05, 0.1) is 5.82 Å². The molecule has 0 saturated carbocycles. The van der Waals surface area contributed by atoms with Crippen LogP contribution in [0.1, 0.15) is 30.8 Å². The number of aromatic nitrogens is 3. The van der Waals surface area contributed by atoms with E-state index in [-0.39, 0.29) is 25.5 Å². The van der Waals surface area contributed by atoms with Gasteiger partial charge in [0, 0.05) is 25.8 Å². The molecule has 0 saturated heterocycles. The van der Waals surface area contributed by atoms with E-state index in [0.29, 0.717) is 0 Å². The van der Waals surface area contributed by atoms with Gasteiger partial charge in [-0.3, -0.25) is 0 Å². The average molecular weight is 543 g/mol. The molecule has 0 fully saturated rings. The Kier molecular flexibility index (Phi) is 4.57. The fraction of sp³-hybridized carbons (Fsp3) is 0.167. The fourth-order valence-electron chi connectivity index (χ4n) is 4.19. The molecule has 141 valence electrons. The monoisotopic (exact) mass is 543 g/mol. The van der Waals surface area contributed by atoms with Crippen LogP contribution in [0.5, 0.6) is 0 Å². The standard InChI is InChI=1S/C24H20N3.Ir/c1-16-25-26-23(27(16)18-9-5-4-6-10-18)17-13-14-20-19-11-7-8-12-21(19)24(2,3)22(20)15-17;/h4-12,14-15H,1-3H3;/q-1;. The molecule has 0 atom stereocenters. The number of para-hydroxylation sites is 1. The molecule has 4 aromatic rings. The predicted octanol–water partition coefficient (Wildman–Crippen LogP) is 5.35. The Balaban J connectivity index is 0.00000192. The summed E-state index contributed by atoms with van der Waals surface area (Å²) in [5.74, 6) is 1.70. The second-order valence-electron chi connectivity index (χ2n) is 7.59. The first-order valence-electron chi connectivity index (χ1n) is 9.21. The van der Waals surface area contributed by atoms with Crippen LogP contribution >= 0.6 is 0 Å². The first-order valence-corrected chi connectivity index (χ1v) is 9.21. The number of hydrogen-bond donors (Lipinski definition) is 0. The molecule has 0 spiro atoms. The Morgan fingerprint density at radius 2 is 1.57 bits per heavy atom. The zero-order valence-electron chi connectivity index (χ0n) is 16.0. The molecule has 28 heavy (non-hydrogen) atoms. The summed E-state index contributed by atoms with van der Waals surface area (Å²) in [7, 11) is 0. The minimum Gasteiger partial charge on any atom is -0.320 e. The van der Waals surface area contributed by atoms with E-state index in [2.05, 4.69) is 83.2 Å². The average Bonchev–Trinajstić information content (AvgIpc) is 3.19. The number of fused-ring (bicyclic) bond motifs is 3. The molecule has 0 N–H and O–H groups in total. The molecule has 1 radical (unpaired) electrons. The van der Waals surface area contributed by atoms with Gasteiger partial charge < -0.3 is 4.57 Å². The minimum atomic E-state index is -0.0393. The van der Waals surface area contributed by atoms with Crippen molar-refractivity contribution in [2.24, 2.45) is 0 Å². The Morgan fingerprint density at radius 3 is 2.36 bits per heavy atom. The van der Waals surface area contributed by atoms with E-state index in [4.69, 9.17) is 0 Å². The summed E-state index contributed by atoms with van der Waals surface area (Å²) in [4.78, 5) is 0. The summed E-state index contributed by atoms with van der Waals surface area (Å²) >= 11 is 0. The number of benzene rings is 3. The molecule has 0 unspecified atom stereocenters. The van der Waals surface area contributed by atoms with Crippen molar-refractivity contribution in [3.05, 3.63) is 89.7 Å². The fourth-order valence-corrected chi connectivity index (χ4v) is 4.19. The molecular formula is C24H20IrN3-. The molecule has 4 heteroatoms. The van der Waals surface area contributed by atoms with Crippen LogP contribution in [-0.4, -0.2) is 14.8 Å². The van der Waals surface area contributed by atoms with Crippen LogP contribution in [0.2, 0.25) is 0 Å². The first-order chi connectivity index (χ1) is 13.1. The minimum absolute atomic E-state index is 0. The van der Waals surface area contributed by atoms with Crippen LogP contribution in [0.4, 0.5) is 0 Å². The van der Waals surface area contributed by atoms with Crippen LogP contribution in [0.3, 0.4) is 0 Å². The van der Waals surface area contributed by atoms with Crippen molar-refractivity contribution in [1.82, 2.24) is 14.8 Å². The third-order valence-corrected chi connectivity index (χ3v) is 5.59. The molecule has 5 rings (SSSR count). The van der Waals surface area contributed by atoms with E-state index in [1.807, 2.05) is 25.1 Å². The number of nitrogens with zero attached hydrogens (tertiary/aromatic N) is 3. The topological polar surface area (TPSA) is 30.7 Å². The summed E-state index contributed by atoms with van der Waals surface area (Å²) in [5, 5.41) is 8.80. The zero-order chi connectivity index (χ0) is 18.6. The smallest absolute Gasteiger partial charge is 0.125 e. The molecule has 1 heterocycles. The Labute approximate surface area is 178 Å². The van der Waals surface area contributed by atoms with E-state index < -0.39 is 0 Å². The summed E-state index contributed by atoms with van der Waals surface area (Å²) in [5.41, 5.74) is 7.25. The molecule has 1 aliphatic carbocycles. The van der Waals surface area contributed by atoms with Crippen LogP contribution in [0.15, 0.2) is 66.7 Å². The van der Waals surface area contributed by atoms with Crippen molar-refractivity contribution in [2.45, 2.75) is 26.2 Å². The zero-order valence-corrected chi connectivity index (χ0v) is 18.4. The van der Waals surface area contributed by atoms with Crippen LogP contribution in [0, 0.1) is 13.0 Å². The van der Waals surface area contributed by atoms with E-state index in [0.717, 1.165) is 22.9 Å². The third-order valence-electron chi connectivity index (χ3n) is 5.59. The number of rotatable bonds is 2. The van der Waals surface area contributed by atoms with Crippen molar-refractivity contribution in [3.8, 4) is 28.2 Å². The first kappa shape index (κ1) is 18.8. The predicted molar refractivity (Wildman–Crippen MR) is 108 cm³/mol. The number of aryl methyl sites for hydroxylation is 1. The maximum atomic E-state index is 4.47. The molecule has 1 aromatic heterocycles. The second kappa shape index (κ2) is 6.80. The van der Waals surface area contributed by atoms with Crippen LogP contribution in [0.25, 0.3) is 28.2 Å². The van der Waals surface area contributed by atoms with Crippen molar-refractivity contribution < 1.29 is 20.1 Å². The van der Waals surface area contributed by atoms with Gasteiger partial charge >= 0.3 is 0 Å². The van der Waals surface area contributed by atoms with Crippen molar-refractivity contribution in [1.29, 1.82) is 0 Å². The van der Waals surface area contributed by atoms with Crippen LogP contribution < -0.4 is 0 Å². The molecular weight excluding hydrogens is 523 g/mol. The summed E-state index contributed by atoms with van der Waals surface area (Å²) in [6.45, 7) is 6.56.